The van der Waals surface area contributed by atoms with E-state index in [9.17, 15) is 4.79 Å². The zero-order chi connectivity index (χ0) is 14.4. The van der Waals surface area contributed by atoms with Gasteiger partial charge in [0, 0.05) is 31.4 Å². The zero-order valence-electron chi connectivity index (χ0n) is 11.6. The number of hydrogen-bond donors (Lipinski definition) is 2. The van der Waals surface area contributed by atoms with E-state index in [2.05, 4.69) is 22.5 Å². The van der Waals surface area contributed by atoms with E-state index >= 15 is 0 Å². The Morgan fingerprint density at radius 1 is 1.40 bits per heavy atom. The number of benzene rings is 1. The summed E-state index contributed by atoms with van der Waals surface area (Å²) in [4.78, 5) is 11.5. The topological polar surface area (TPSA) is 72.9 Å². The van der Waals surface area contributed by atoms with Crippen LogP contribution in [-0.4, -0.2) is 28.3 Å². The van der Waals surface area contributed by atoms with Crippen LogP contribution in [0.3, 0.4) is 0 Å². The minimum Gasteiger partial charge on any atom is -0.356 e. The van der Waals surface area contributed by atoms with Crippen LogP contribution in [0.5, 0.6) is 0 Å². The first-order chi connectivity index (χ1) is 9.65. The van der Waals surface area contributed by atoms with Gasteiger partial charge in [-0.3, -0.25) is 4.79 Å². The number of aromatic nitrogens is 2. The van der Waals surface area contributed by atoms with Crippen molar-refractivity contribution in [2.24, 2.45) is 5.73 Å². The lowest BCUT2D eigenvalue weighted by molar-refractivity contribution is -0.121. The lowest BCUT2D eigenvalue weighted by Crippen LogP contribution is -2.31. The van der Waals surface area contributed by atoms with Gasteiger partial charge in [0.2, 0.25) is 5.91 Å². The van der Waals surface area contributed by atoms with Crippen LogP contribution in [0, 0.1) is 0 Å². The first-order valence-corrected chi connectivity index (χ1v) is 6.76. The van der Waals surface area contributed by atoms with E-state index in [0.29, 0.717) is 13.0 Å². The minimum absolute atomic E-state index is 0.00756. The predicted molar refractivity (Wildman–Crippen MR) is 78.5 cm³/mol. The van der Waals surface area contributed by atoms with Crippen molar-refractivity contribution in [2.75, 3.05) is 6.54 Å². The van der Waals surface area contributed by atoms with Crippen molar-refractivity contribution in [1.29, 1.82) is 0 Å². The Labute approximate surface area is 118 Å². The number of carbonyl (C=O) groups is 1. The van der Waals surface area contributed by atoms with Gasteiger partial charge in [0.15, 0.2) is 0 Å². The molecule has 5 heteroatoms. The van der Waals surface area contributed by atoms with Crippen molar-refractivity contribution >= 4 is 5.91 Å². The van der Waals surface area contributed by atoms with E-state index in [0.717, 1.165) is 12.1 Å². The van der Waals surface area contributed by atoms with Gasteiger partial charge >= 0.3 is 0 Å². The van der Waals surface area contributed by atoms with Crippen LogP contribution in [-0.2, 0) is 11.2 Å². The molecule has 0 saturated heterocycles. The second-order valence-electron chi connectivity index (χ2n) is 4.90. The van der Waals surface area contributed by atoms with E-state index in [4.69, 9.17) is 5.73 Å². The monoisotopic (exact) mass is 272 g/mol. The summed E-state index contributed by atoms with van der Waals surface area (Å²) in [6.45, 7) is 2.46. The molecule has 0 radical (unpaired) electrons. The van der Waals surface area contributed by atoms with Gasteiger partial charge in [-0.2, -0.15) is 5.10 Å². The van der Waals surface area contributed by atoms with Crippen LogP contribution in [0.25, 0.3) is 5.69 Å². The highest BCUT2D eigenvalue weighted by Gasteiger charge is 2.04. The second-order valence-corrected chi connectivity index (χ2v) is 4.90. The number of nitrogens with zero attached hydrogens (tertiary/aromatic N) is 2. The maximum absolute atomic E-state index is 11.5. The van der Waals surface area contributed by atoms with E-state index < -0.39 is 0 Å². The maximum atomic E-state index is 11.5. The van der Waals surface area contributed by atoms with Gasteiger partial charge in [-0.1, -0.05) is 12.1 Å². The van der Waals surface area contributed by atoms with Crippen LogP contribution in [0.2, 0.25) is 0 Å². The third kappa shape index (κ3) is 4.20. The first-order valence-electron chi connectivity index (χ1n) is 6.76. The molecule has 1 amide bonds. The van der Waals surface area contributed by atoms with Crippen LogP contribution >= 0.6 is 0 Å². The van der Waals surface area contributed by atoms with Gasteiger partial charge in [-0.15, -0.1) is 0 Å². The summed E-state index contributed by atoms with van der Waals surface area (Å²) >= 11 is 0. The molecule has 0 spiro atoms. The van der Waals surface area contributed by atoms with E-state index in [1.807, 2.05) is 36.0 Å². The average Bonchev–Trinajstić information content (AvgIpc) is 2.92. The summed E-state index contributed by atoms with van der Waals surface area (Å²) in [7, 11) is 0. The number of nitrogens with two attached hydrogens (primary N) is 1. The van der Waals surface area contributed by atoms with Crippen molar-refractivity contribution in [3.05, 3.63) is 48.3 Å². The summed E-state index contributed by atoms with van der Waals surface area (Å²) in [6.07, 6.45) is 4.84. The molecule has 106 valence electrons. The highest BCUT2D eigenvalue weighted by Crippen LogP contribution is 2.08. The molecule has 1 heterocycles. The standard InChI is InChI=1S/C15H20N4O/c1-12(16)11-15(20)17-9-7-13-3-5-14(6-4-13)19-10-2-8-18-19/h2-6,8,10,12H,7,9,11,16H2,1H3,(H,17,20). The first kappa shape index (κ1) is 14.3. The fourth-order valence-electron chi connectivity index (χ4n) is 1.95. The predicted octanol–water partition coefficient (Wildman–Crippen LogP) is 1.27. The number of nitrogens with one attached hydrogen (secondary N) is 1. The lowest BCUT2D eigenvalue weighted by Gasteiger charge is -2.08. The fourth-order valence-corrected chi connectivity index (χ4v) is 1.95. The van der Waals surface area contributed by atoms with Gasteiger partial charge in [-0.05, 0) is 37.1 Å². The molecular formula is C15H20N4O. The second kappa shape index (κ2) is 6.86. The van der Waals surface area contributed by atoms with Gasteiger partial charge < -0.3 is 11.1 Å². The van der Waals surface area contributed by atoms with Crippen molar-refractivity contribution < 1.29 is 4.79 Å². The van der Waals surface area contributed by atoms with Gasteiger partial charge in [0.05, 0.1) is 5.69 Å². The van der Waals surface area contributed by atoms with Gasteiger partial charge in [0.1, 0.15) is 0 Å². The maximum Gasteiger partial charge on any atom is 0.221 e. The summed E-state index contributed by atoms with van der Waals surface area (Å²) in [5.74, 6) is 0.00756. The van der Waals surface area contributed by atoms with Crippen molar-refractivity contribution in [2.45, 2.75) is 25.8 Å². The average molecular weight is 272 g/mol. The number of carbonyl (C=O) groups excluding carboxylic acids is 1. The Bertz CT molecular complexity index is 532. The van der Waals surface area contributed by atoms with E-state index in [1.165, 1.54) is 5.56 Å². The molecule has 20 heavy (non-hydrogen) atoms. The van der Waals surface area contributed by atoms with Crippen LogP contribution in [0.1, 0.15) is 18.9 Å². The number of hydrogen-bond acceptors (Lipinski definition) is 3. The molecule has 1 atom stereocenters. The quantitative estimate of drug-likeness (QED) is 0.831. The number of amides is 1. The van der Waals surface area contributed by atoms with Crippen LogP contribution in [0.15, 0.2) is 42.7 Å². The molecule has 0 aliphatic rings. The molecule has 0 fully saturated rings. The number of rotatable bonds is 6. The van der Waals surface area contributed by atoms with Crippen LogP contribution < -0.4 is 11.1 Å². The SMILES string of the molecule is CC(N)CC(=O)NCCc1ccc(-n2cccn2)cc1. The molecule has 2 rings (SSSR count). The largest absolute Gasteiger partial charge is 0.356 e. The Balaban J connectivity index is 1.81. The molecule has 0 bridgehead atoms. The summed E-state index contributed by atoms with van der Waals surface area (Å²) in [5, 5.41) is 7.05. The minimum atomic E-state index is -0.0941. The summed E-state index contributed by atoms with van der Waals surface area (Å²) < 4.78 is 1.81. The molecule has 3 N–H and O–H groups in total. The van der Waals surface area contributed by atoms with Gasteiger partial charge in [0.25, 0.3) is 0 Å². The molecule has 1 aromatic heterocycles. The van der Waals surface area contributed by atoms with Crippen molar-refractivity contribution in [3.63, 3.8) is 0 Å². The van der Waals surface area contributed by atoms with E-state index in [-0.39, 0.29) is 11.9 Å². The molecule has 1 aromatic carbocycles. The van der Waals surface area contributed by atoms with Crippen molar-refractivity contribution in [3.8, 4) is 5.69 Å². The smallest absolute Gasteiger partial charge is 0.221 e. The highest BCUT2D eigenvalue weighted by atomic mass is 16.1. The van der Waals surface area contributed by atoms with Gasteiger partial charge in [-0.25, -0.2) is 4.68 Å². The molecule has 0 saturated carbocycles. The molecule has 0 aliphatic carbocycles. The normalized spacial score (nSPS) is 12.1. The Kier molecular flexibility index (Phi) is 4.90. The lowest BCUT2D eigenvalue weighted by atomic mass is 10.1. The molecule has 1 unspecified atom stereocenters. The summed E-state index contributed by atoms with van der Waals surface area (Å²) in [6, 6.07) is 9.94. The zero-order valence-corrected chi connectivity index (χ0v) is 11.6. The fraction of sp³-hybridized carbons (Fsp3) is 0.333. The third-order valence-electron chi connectivity index (χ3n) is 2.95. The molecule has 0 aliphatic heterocycles. The molecular weight excluding hydrogens is 252 g/mol. The summed E-state index contributed by atoms with van der Waals surface area (Å²) in [5.41, 5.74) is 7.78. The van der Waals surface area contributed by atoms with E-state index in [1.54, 1.807) is 6.20 Å². The Hall–Kier alpha value is -2.14. The highest BCUT2D eigenvalue weighted by molar-refractivity contribution is 5.76. The van der Waals surface area contributed by atoms with Crippen LogP contribution in [0.4, 0.5) is 0 Å². The molecule has 5 nitrogen and oxygen atoms in total. The Morgan fingerprint density at radius 3 is 2.75 bits per heavy atom. The van der Waals surface area contributed by atoms with Crippen molar-refractivity contribution in [1.82, 2.24) is 15.1 Å². The third-order valence-corrected chi connectivity index (χ3v) is 2.95. The molecule has 2 aromatic rings. The Morgan fingerprint density at radius 2 is 2.15 bits per heavy atom.